The zero-order valence-electron chi connectivity index (χ0n) is 10.6. The molecule has 0 saturated carbocycles. The van der Waals surface area contributed by atoms with E-state index in [0.717, 1.165) is 25.9 Å². The third-order valence-corrected chi connectivity index (χ3v) is 4.13. The zero-order valence-corrected chi connectivity index (χ0v) is 10.6. The number of nitrogens with two attached hydrogens (primary N) is 1. The molecule has 1 fully saturated rings. The summed E-state index contributed by atoms with van der Waals surface area (Å²) in [5, 5.41) is 3.76. The average Bonchev–Trinajstić information content (AvgIpc) is 2.84. The van der Waals surface area contributed by atoms with Crippen molar-refractivity contribution in [3.63, 3.8) is 0 Å². The van der Waals surface area contributed by atoms with Crippen molar-refractivity contribution in [2.75, 3.05) is 26.7 Å². The van der Waals surface area contributed by atoms with Gasteiger partial charge in [-0.3, -0.25) is 0 Å². The van der Waals surface area contributed by atoms with Crippen LogP contribution in [0.3, 0.4) is 0 Å². The molecule has 94 valence electrons. The molecule has 1 aromatic rings. The van der Waals surface area contributed by atoms with E-state index in [0.29, 0.717) is 12.6 Å². The summed E-state index contributed by atoms with van der Waals surface area (Å²) in [6, 6.07) is 0.365. The lowest BCUT2D eigenvalue weighted by atomic mass is 9.85. The van der Waals surface area contributed by atoms with Gasteiger partial charge in [0.1, 0.15) is 0 Å². The van der Waals surface area contributed by atoms with Crippen LogP contribution in [0, 0.1) is 0 Å². The van der Waals surface area contributed by atoms with Crippen molar-refractivity contribution in [2.24, 2.45) is 12.8 Å². The molecule has 0 bridgehead atoms. The first-order chi connectivity index (χ1) is 8.14. The maximum atomic E-state index is 5.84. The molecule has 17 heavy (non-hydrogen) atoms. The van der Waals surface area contributed by atoms with Crippen molar-refractivity contribution in [3.8, 4) is 0 Å². The molecule has 0 aliphatic carbocycles. The van der Waals surface area contributed by atoms with E-state index in [2.05, 4.69) is 33.9 Å². The first-order valence-corrected chi connectivity index (χ1v) is 6.31. The van der Waals surface area contributed by atoms with Gasteiger partial charge < -0.3 is 20.5 Å². The number of rotatable bonds is 1. The maximum Gasteiger partial charge on any atom is 0.0949 e. The highest BCUT2D eigenvalue weighted by Crippen LogP contribution is 2.36. The second kappa shape index (κ2) is 3.80. The molecule has 3 heterocycles. The summed E-state index contributed by atoms with van der Waals surface area (Å²) >= 11 is 0. The number of fused-ring (bicyclic) bond motifs is 2. The highest BCUT2D eigenvalue weighted by Gasteiger charge is 2.46. The number of nitrogens with zero attached hydrogens (tertiary/aromatic N) is 3. The molecule has 1 saturated heterocycles. The Hall–Kier alpha value is -0.910. The Morgan fingerprint density at radius 1 is 1.59 bits per heavy atom. The van der Waals surface area contributed by atoms with Crippen LogP contribution in [0.5, 0.6) is 0 Å². The van der Waals surface area contributed by atoms with Gasteiger partial charge in [0.05, 0.1) is 23.3 Å². The summed E-state index contributed by atoms with van der Waals surface area (Å²) in [6.07, 6.45) is 4.04. The highest BCUT2D eigenvalue weighted by atomic mass is 15.2. The van der Waals surface area contributed by atoms with E-state index in [1.807, 2.05) is 6.33 Å². The third-order valence-electron chi connectivity index (χ3n) is 4.13. The van der Waals surface area contributed by atoms with Crippen molar-refractivity contribution >= 4 is 0 Å². The Bertz CT molecular complexity index is 427. The molecule has 1 spiro atoms. The van der Waals surface area contributed by atoms with Crippen LogP contribution in [-0.4, -0.2) is 47.2 Å². The smallest absolute Gasteiger partial charge is 0.0949 e. The Kier molecular flexibility index (Phi) is 2.50. The number of aromatic nitrogens is 2. The monoisotopic (exact) mass is 235 g/mol. The van der Waals surface area contributed by atoms with Crippen molar-refractivity contribution in [3.05, 3.63) is 17.7 Å². The van der Waals surface area contributed by atoms with Gasteiger partial charge in [-0.1, -0.05) is 0 Å². The van der Waals surface area contributed by atoms with Gasteiger partial charge in [0.15, 0.2) is 0 Å². The minimum Gasteiger partial charge on any atom is -0.336 e. The Balaban J connectivity index is 2.05. The van der Waals surface area contributed by atoms with E-state index < -0.39 is 0 Å². The lowest BCUT2D eigenvalue weighted by Gasteiger charge is -2.39. The number of imidazole rings is 1. The van der Waals surface area contributed by atoms with Crippen LogP contribution in [0.15, 0.2) is 6.33 Å². The number of likely N-dealkylation sites (N-methyl/N-ethyl adjacent to an activating group) is 1. The number of hydrogen-bond donors (Lipinski definition) is 2. The molecule has 0 amide bonds. The number of aryl methyl sites for hydroxylation is 1. The molecular weight excluding hydrogens is 214 g/mol. The molecule has 3 rings (SSSR count). The molecule has 0 aromatic carbocycles. The molecule has 5 nitrogen and oxygen atoms in total. The van der Waals surface area contributed by atoms with E-state index in [-0.39, 0.29) is 5.54 Å². The fourth-order valence-electron chi connectivity index (χ4n) is 3.44. The minimum atomic E-state index is 0.0671. The highest BCUT2D eigenvalue weighted by molar-refractivity contribution is 5.30. The normalized spacial score (nSPS) is 33.2. The van der Waals surface area contributed by atoms with E-state index in [1.54, 1.807) is 0 Å². The molecule has 2 aliphatic rings. The van der Waals surface area contributed by atoms with E-state index in [4.69, 9.17) is 5.73 Å². The van der Waals surface area contributed by atoms with Gasteiger partial charge in [0.25, 0.3) is 0 Å². The second-order valence-electron chi connectivity index (χ2n) is 5.50. The number of hydrogen-bond acceptors (Lipinski definition) is 4. The van der Waals surface area contributed by atoms with Gasteiger partial charge in [-0.05, 0) is 13.5 Å². The van der Waals surface area contributed by atoms with Gasteiger partial charge in [0, 0.05) is 39.1 Å². The van der Waals surface area contributed by atoms with Crippen LogP contribution in [0.25, 0.3) is 0 Å². The zero-order chi connectivity index (χ0) is 12.0. The Morgan fingerprint density at radius 3 is 3.06 bits per heavy atom. The molecule has 2 atom stereocenters. The standard InChI is InChI=1S/C12H21N5/c1-16-4-3-12(7-16)11-10(14-8-17(11)2)5-9(6-13)15-12/h8-9,15H,3-7,13H2,1-2H3. The van der Waals surface area contributed by atoms with Gasteiger partial charge in [-0.25, -0.2) is 4.98 Å². The van der Waals surface area contributed by atoms with E-state index in [1.165, 1.54) is 11.4 Å². The van der Waals surface area contributed by atoms with Crippen molar-refractivity contribution in [2.45, 2.75) is 24.4 Å². The van der Waals surface area contributed by atoms with Crippen LogP contribution in [0.4, 0.5) is 0 Å². The summed E-state index contributed by atoms with van der Waals surface area (Å²) in [5.41, 5.74) is 8.51. The fourth-order valence-corrected chi connectivity index (χ4v) is 3.44. The molecular formula is C12H21N5. The summed E-state index contributed by atoms with van der Waals surface area (Å²) in [6.45, 7) is 2.87. The molecule has 5 heteroatoms. The number of nitrogens with one attached hydrogen (secondary N) is 1. The van der Waals surface area contributed by atoms with Crippen LogP contribution >= 0.6 is 0 Å². The summed E-state index contributed by atoms with van der Waals surface area (Å²) in [5.74, 6) is 0. The SMILES string of the molecule is CN1CCC2(C1)NC(CN)Cc1ncn(C)c12. The molecule has 2 unspecified atom stereocenters. The number of likely N-dealkylation sites (tertiary alicyclic amines) is 1. The maximum absolute atomic E-state index is 5.84. The van der Waals surface area contributed by atoms with Crippen molar-refractivity contribution in [1.29, 1.82) is 0 Å². The quantitative estimate of drug-likeness (QED) is 0.684. The van der Waals surface area contributed by atoms with Crippen LogP contribution in [-0.2, 0) is 19.0 Å². The Morgan fingerprint density at radius 2 is 2.41 bits per heavy atom. The predicted molar refractivity (Wildman–Crippen MR) is 66.7 cm³/mol. The summed E-state index contributed by atoms with van der Waals surface area (Å²) in [4.78, 5) is 6.93. The van der Waals surface area contributed by atoms with Crippen LogP contribution in [0.1, 0.15) is 17.8 Å². The molecule has 3 N–H and O–H groups in total. The third kappa shape index (κ3) is 1.61. The molecule has 1 aromatic heterocycles. The summed E-state index contributed by atoms with van der Waals surface area (Å²) in [7, 11) is 4.27. The van der Waals surface area contributed by atoms with E-state index >= 15 is 0 Å². The largest absolute Gasteiger partial charge is 0.336 e. The van der Waals surface area contributed by atoms with Gasteiger partial charge >= 0.3 is 0 Å². The molecule has 2 aliphatic heterocycles. The van der Waals surface area contributed by atoms with Gasteiger partial charge in [-0.15, -0.1) is 0 Å². The average molecular weight is 235 g/mol. The van der Waals surface area contributed by atoms with E-state index in [9.17, 15) is 0 Å². The van der Waals surface area contributed by atoms with Crippen molar-refractivity contribution < 1.29 is 0 Å². The van der Waals surface area contributed by atoms with Gasteiger partial charge in [-0.2, -0.15) is 0 Å². The topological polar surface area (TPSA) is 59.1 Å². The fraction of sp³-hybridized carbons (Fsp3) is 0.750. The van der Waals surface area contributed by atoms with Crippen LogP contribution < -0.4 is 11.1 Å². The predicted octanol–water partition coefficient (Wildman–Crippen LogP) is -0.576. The molecule has 0 radical (unpaired) electrons. The first-order valence-electron chi connectivity index (χ1n) is 6.31. The second-order valence-corrected chi connectivity index (χ2v) is 5.50. The first kappa shape index (κ1) is 11.2. The van der Waals surface area contributed by atoms with Crippen LogP contribution in [0.2, 0.25) is 0 Å². The lowest BCUT2D eigenvalue weighted by molar-refractivity contribution is 0.250. The van der Waals surface area contributed by atoms with Gasteiger partial charge in [0.2, 0.25) is 0 Å². The Labute approximate surface area is 102 Å². The summed E-state index contributed by atoms with van der Waals surface area (Å²) < 4.78 is 2.17. The minimum absolute atomic E-state index is 0.0671. The van der Waals surface area contributed by atoms with Crippen molar-refractivity contribution in [1.82, 2.24) is 19.8 Å². The lowest BCUT2D eigenvalue weighted by Crippen LogP contribution is -2.57.